The molecule has 1 aliphatic heterocycles. The molecule has 0 bridgehead atoms. The monoisotopic (exact) mass is 183 g/mol. The van der Waals surface area contributed by atoms with Crippen LogP contribution in [0.25, 0.3) is 0 Å². The quantitative estimate of drug-likeness (QED) is 0.520. The van der Waals surface area contributed by atoms with Crippen molar-refractivity contribution in [2.24, 2.45) is 5.41 Å². The summed E-state index contributed by atoms with van der Waals surface area (Å²) >= 11 is 0. The Bertz CT molecular complexity index is 231. The van der Waals surface area contributed by atoms with Crippen molar-refractivity contribution in [3.8, 4) is 0 Å². The summed E-state index contributed by atoms with van der Waals surface area (Å²) in [5.41, 5.74) is 1.08. The predicted octanol–water partition coefficient (Wildman–Crippen LogP) is 1.45. The number of hydrogen-bond acceptors (Lipinski definition) is 3. The van der Waals surface area contributed by atoms with E-state index in [1.165, 1.54) is 0 Å². The second kappa shape index (κ2) is 3.81. The molecule has 1 saturated heterocycles. The van der Waals surface area contributed by atoms with E-state index in [-0.39, 0.29) is 11.4 Å². The summed E-state index contributed by atoms with van der Waals surface area (Å²) in [5, 5.41) is 3.20. The second-order valence-electron chi connectivity index (χ2n) is 3.87. The molecule has 0 spiro atoms. The smallest absolute Gasteiger partial charge is 0.332 e. The normalized spacial score (nSPS) is 22.8. The van der Waals surface area contributed by atoms with Gasteiger partial charge in [0.15, 0.2) is 0 Å². The minimum atomic E-state index is -0.250. The third kappa shape index (κ3) is 2.47. The maximum Gasteiger partial charge on any atom is 0.332 e. The lowest BCUT2D eigenvalue weighted by atomic mass is 9.89. The van der Waals surface area contributed by atoms with Gasteiger partial charge in [-0.1, -0.05) is 13.8 Å². The van der Waals surface area contributed by atoms with Crippen LogP contribution in [0.1, 0.15) is 27.2 Å². The number of carbonyl (C=O) groups is 1. The van der Waals surface area contributed by atoms with E-state index in [1.807, 2.05) is 6.92 Å². The van der Waals surface area contributed by atoms with Crippen LogP contribution in [0.5, 0.6) is 0 Å². The Morgan fingerprint density at radius 2 is 2.38 bits per heavy atom. The number of hydrogen-bond donors (Lipinski definition) is 1. The molecule has 1 fully saturated rings. The number of ether oxygens (including phenoxy) is 1. The lowest BCUT2D eigenvalue weighted by Gasteiger charge is -2.17. The molecule has 0 unspecified atom stereocenters. The number of carbonyl (C=O) groups excluding carboxylic acids is 1. The molecule has 0 radical (unpaired) electrons. The molecule has 0 amide bonds. The zero-order chi connectivity index (χ0) is 9.90. The van der Waals surface area contributed by atoms with Crippen molar-refractivity contribution in [1.82, 2.24) is 5.32 Å². The van der Waals surface area contributed by atoms with E-state index < -0.39 is 0 Å². The zero-order valence-corrected chi connectivity index (χ0v) is 8.52. The minimum absolute atomic E-state index is 0.0900. The molecule has 3 heteroatoms. The molecular weight excluding hydrogens is 166 g/mol. The van der Waals surface area contributed by atoms with E-state index in [0.717, 1.165) is 18.7 Å². The Morgan fingerprint density at radius 3 is 2.85 bits per heavy atom. The van der Waals surface area contributed by atoms with Gasteiger partial charge in [0.1, 0.15) is 0 Å². The van der Waals surface area contributed by atoms with Crippen LogP contribution in [0.3, 0.4) is 0 Å². The molecule has 1 rings (SSSR count). The van der Waals surface area contributed by atoms with E-state index in [9.17, 15) is 4.79 Å². The number of nitrogens with one attached hydrogen (secondary N) is 1. The Kier molecular flexibility index (Phi) is 2.96. The van der Waals surface area contributed by atoms with Crippen LogP contribution in [0.4, 0.5) is 0 Å². The summed E-state index contributed by atoms with van der Waals surface area (Å²) in [6.07, 6.45) is 2.63. The van der Waals surface area contributed by atoms with Gasteiger partial charge >= 0.3 is 5.97 Å². The summed E-state index contributed by atoms with van der Waals surface area (Å²) < 4.78 is 4.84. The van der Waals surface area contributed by atoms with Crippen LogP contribution in [-0.4, -0.2) is 19.1 Å². The summed E-state index contributed by atoms with van der Waals surface area (Å²) in [5.74, 6) is -0.250. The molecule has 0 aliphatic carbocycles. The minimum Gasteiger partial charge on any atom is -0.463 e. The van der Waals surface area contributed by atoms with Crippen LogP contribution in [-0.2, 0) is 9.53 Å². The fourth-order valence-electron chi connectivity index (χ4n) is 1.43. The molecule has 1 N–H and O–H groups in total. The molecule has 3 nitrogen and oxygen atoms in total. The number of esters is 1. The van der Waals surface area contributed by atoms with Crippen LogP contribution in [0.2, 0.25) is 0 Å². The van der Waals surface area contributed by atoms with Gasteiger partial charge in [0.05, 0.1) is 6.61 Å². The molecule has 1 aliphatic rings. The highest BCUT2D eigenvalue weighted by atomic mass is 16.5. The van der Waals surface area contributed by atoms with Gasteiger partial charge in [0, 0.05) is 23.7 Å². The first kappa shape index (κ1) is 10.1. The average Bonchev–Trinajstić information content (AvgIpc) is 2.31. The van der Waals surface area contributed by atoms with E-state index in [0.29, 0.717) is 6.61 Å². The Hall–Kier alpha value is -0.990. The largest absolute Gasteiger partial charge is 0.463 e. The van der Waals surface area contributed by atoms with Gasteiger partial charge in [-0.25, -0.2) is 4.79 Å². The maximum absolute atomic E-state index is 11.1. The van der Waals surface area contributed by atoms with Crippen molar-refractivity contribution in [2.75, 3.05) is 13.2 Å². The second-order valence-corrected chi connectivity index (χ2v) is 3.87. The highest BCUT2D eigenvalue weighted by Crippen LogP contribution is 2.32. The van der Waals surface area contributed by atoms with Crippen LogP contribution in [0, 0.1) is 5.41 Å². The predicted molar refractivity (Wildman–Crippen MR) is 51.1 cm³/mol. The van der Waals surface area contributed by atoms with Gasteiger partial charge in [-0.3, -0.25) is 0 Å². The van der Waals surface area contributed by atoms with E-state index in [4.69, 9.17) is 4.74 Å². The Balaban J connectivity index is 2.65. The highest BCUT2D eigenvalue weighted by molar-refractivity contribution is 5.83. The van der Waals surface area contributed by atoms with Crippen molar-refractivity contribution in [3.05, 3.63) is 11.8 Å². The van der Waals surface area contributed by atoms with Gasteiger partial charge in [0.25, 0.3) is 0 Å². The van der Waals surface area contributed by atoms with E-state index >= 15 is 0 Å². The lowest BCUT2D eigenvalue weighted by molar-refractivity contribution is -0.137. The summed E-state index contributed by atoms with van der Waals surface area (Å²) in [6, 6.07) is 0. The third-order valence-electron chi connectivity index (χ3n) is 2.34. The fourth-order valence-corrected chi connectivity index (χ4v) is 1.43. The van der Waals surface area contributed by atoms with Gasteiger partial charge in [0.2, 0.25) is 0 Å². The Morgan fingerprint density at radius 1 is 1.69 bits per heavy atom. The topological polar surface area (TPSA) is 38.3 Å². The molecular formula is C10H17NO2. The van der Waals surface area contributed by atoms with Crippen LogP contribution < -0.4 is 5.32 Å². The first-order valence-electron chi connectivity index (χ1n) is 4.69. The third-order valence-corrected chi connectivity index (χ3v) is 2.34. The number of rotatable bonds is 2. The highest BCUT2D eigenvalue weighted by Gasteiger charge is 2.29. The van der Waals surface area contributed by atoms with Crippen molar-refractivity contribution in [2.45, 2.75) is 27.2 Å². The van der Waals surface area contributed by atoms with Crippen LogP contribution in [0.15, 0.2) is 11.8 Å². The van der Waals surface area contributed by atoms with E-state index in [2.05, 4.69) is 19.2 Å². The fraction of sp³-hybridized carbons (Fsp3) is 0.700. The van der Waals surface area contributed by atoms with Gasteiger partial charge < -0.3 is 10.1 Å². The van der Waals surface area contributed by atoms with Crippen molar-refractivity contribution < 1.29 is 9.53 Å². The van der Waals surface area contributed by atoms with Gasteiger partial charge in [-0.05, 0) is 13.3 Å². The average molecular weight is 183 g/mol. The SMILES string of the molecule is CCOC(=O)/C=C1/NCCC1(C)C. The maximum atomic E-state index is 11.1. The molecule has 74 valence electrons. The molecule has 13 heavy (non-hydrogen) atoms. The molecule has 0 aromatic carbocycles. The molecule has 0 aromatic rings. The molecule has 0 aromatic heterocycles. The number of allylic oxidation sites excluding steroid dienone is 1. The van der Waals surface area contributed by atoms with Crippen molar-refractivity contribution >= 4 is 5.97 Å². The first-order valence-corrected chi connectivity index (χ1v) is 4.69. The first-order chi connectivity index (χ1) is 6.06. The zero-order valence-electron chi connectivity index (χ0n) is 8.52. The summed E-state index contributed by atoms with van der Waals surface area (Å²) in [7, 11) is 0. The molecule has 0 saturated carbocycles. The van der Waals surface area contributed by atoms with Crippen molar-refractivity contribution in [3.63, 3.8) is 0 Å². The molecule has 0 atom stereocenters. The summed E-state index contributed by atoms with van der Waals surface area (Å²) in [4.78, 5) is 11.1. The van der Waals surface area contributed by atoms with Crippen molar-refractivity contribution in [1.29, 1.82) is 0 Å². The van der Waals surface area contributed by atoms with Gasteiger partial charge in [-0.15, -0.1) is 0 Å². The molecule has 1 heterocycles. The summed E-state index contributed by atoms with van der Waals surface area (Å²) in [6.45, 7) is 7.43. The standard InChI is InChI=1S/C10H17NO2/c1-4-13-9(12)7-8-10(2,3)5-6-11-8/h7,11H,4-6H2,1-3H3/b8-7+. The van der Waals surface area contributed by atoms with Crippen LogP contribution >= 0.6 is 0 Å². The van der Waals surface area contributed by atoms with Gasteiger partial charge in [-0.2, -0.15) is 0 Å². The lowest BCUT2D eigenvalue weighted by Crippen LogP contribution is -2.16. The van der Waals surface area contributed by atoms with E-state index in [1.54, 1.807) is 6.08 Å². The Labute approximate surface area is 79.2 Å².